The van der Waals surface area contributed by atoms with E-state index in [1.807, 2.05) is 20.8 Å². The van der Waals surface area contributed by atoms with Gasteiger partial charge in [0.25, 0.3) is 5.91 Å². The van der Waals surface area contributed by atoms with Crippen molar-refractivity contribution in [3.63, 3.8) is 0 Å². The Hall–Kier alpha value is -2.57. The molecule has 0 bridgehead atoms. The predicted octanol–water partition coefficient (Wildman–Crippen LogP) is 1.86. The molecule has 0 unspecified atom stereocenters. The summed E-state index contributed by atoms with van der Waals surface area (Å²) >= 11 is 0. The number of anilines is 1. The average molecular weight is 334 g/mol. The molecule has 1 aromatic rings. The molecule has 132 valence electrons. The summed E-state index contributed by atoms with van der Waals surface area (Å²) in [6.07, 6.45) is 0. The standard InChI is InChI=1S/C17H26N4O3/c1-6-18-14(22)11(2)19-16(24)20-13-9-7-8-12(10-13)15(23)21-17(3,4)5/h7-11H,6H2,1-5H3,(H,18,22)(H,21,23)(H2,19,20,24)/t11-/m0/s1. The Kier molecular flexibility index (Phi) is 6.76. The van der Waals surface area contributed by atoms with Crippen LogP contribution in [0.5, 0.6) is 0 Å². The minimum atomic E-state index is -0.655. The lowest BCUT2D eigenvalue weighted by Crippen LogP contribution is -2.46. The fraction of sp³-hybridized carbons (Fsp3) is 0.471. The van der Waals surface area contributed by atoms with E-state index in [1.54, 1.807) is 38.1 Å². The van der Waals surface area contributed by atoms with Crippen molar-refractivity contribution in [2.45, 2.75) is 46.2 Å². The molecule has 7 heteroatoms. The number of amides is 4. The molecule has 0 aliphatic heterocycles. The zero-order chi connectivity index (χ0) is 18.3. The largest absolute Gasteiger partial charge is 0.355 e. The summed E-state index contributed by atoms with van der Waals surface area (Å²) in [6, 6.07) is 5.43. The van der Waals surface area contributed by atoms with E-state index in [0.717, 1.165) is 0 Å². The molecule has 4 N–H and O–H groups in total. The third kappa shape index (κ3) is 6.68. The first-order chi connectivity index (χ1) is 11.1. The van der Waals surface area contributed by atoms with E-state index in [9.17, 15) is 14.4 Å². The number of carbonyl (C=O) groups is 3. The highest BCUT2D eigenvalue weighted by Gasteiger charge is 2.17. The SMILES string of the molecule is CCNC(=O)[C@H](C)NC(=O)Nc1cccc(C(=O)NC(C)(C)C)c1. The molecule has 0 aromatic heterocycles. The zero-order valence-corrected chi connectivity index (χ0v) is 14.8. The summed E-state index contributed by atoms with van der Waals surface area (Å²) in [5.41, 5.74) is 0.566. The summed E-state index contributed by atoms with van der Waals surface area (Å²) in [5.74, 6) is -0.479. The minimum absolute atomic E-state index is 0.220. The third-order valence-corrected chi connectivity index (χ3v) is 2.96. The van der Waals surface area contributed by atoms with Crippen molar-refractivity contribution in [2.75, 3.05) is 11.9 Å². The predicted molar refractivity (Wildman–Crippen MR) is 94.0 cm³/mol. The van der Waals surface area contributed by atoms with Crippen LogP contribution in [0.4, 0.5) is 10.5 Å². The van der Waals surface area contributed by atoms with Crippen LogP contribution in [0, 0.1) is 0 Å². The van der Waals surface area contributed by atoms with Gasteiger partial charge in [-0.3, -0.25) is 9.59 Å². The van der Waals surface area contributed by atoms with Gasteiger partial charge >= 0.3 is 6.03 Å². The van der Waals surface area contributed by atoms with Gasteiger partial charge in [-0.2, -0.15) is 0 Å². The summed E-state index contributed by atoms with van der Waals surface area (Å²) in [5, 5.41) is 10.6. The summed E-state index contributed by atoms with van der Waals surface area (Å²) in [7, 11) is 0. The maximum atomic E-state index is 12.1. The molecule has 0 saturated carbocycles. The molecule has 0 radical (unpaired) electrons. The van der Waals surface area contributed by atoms with Gasteiger partial charge in [-0.1, -0.05) is 6.07 Å². The van der Waals surface area contributed by atoms with Crippen molar-refractivity contribution >= 4 is 23.5 Å². The normalized spacial score (nSPS) is 12.0. The van der Waals surface area contributed by atoms with E-state index in [-0.39, 0.29) is 17.4 Å². The van der Waals surface area contributed by atoms with Gasteiger partial charge in [-0.25, -0.2) is 4.79 Å². The number of nitrogens with one attached hydrogen (secondary N) is 4. The third-order valence-electron chi connectivity index (χ3n) is 2.96. The molecule has 1 rings (SSSR count). The second-order valence-corrected chi connectivity index (χ2v) is 6.50. The Morgan fingerprint density at radius 1 is 1.17 bits per heavy atom. The van der Waals surface area contributed by atoms with Gasteiger partial charge in [0.15, 0.2) is 0 Å². The van der Waals surface area contributed by atoms with E-state index in [1.165, 1.54) is 0 Å². The molecule has 1 aromatic carbocycles. The molecule has 7 nitrogen and oxygen atoms in total. The van der Waals surface area contributed by atoms with E-state index >= 15 is 0 Å². The van der Waals surface area contributed by atoms with Crippen molar-refractivity contribution in [3.8, 4) is 0 Å². The van der Waals surface area contributed by atoms with Crippen molar-refractivity contribution in [3.05, 3.63) is 29.8 Å². The molecule has 0 saturated heterocycles. The molecule has 0 fully saturated rings. The molecule has 0 aliphatic rings. The van der Waals surface area contributed by atoms with Crippen LogP contribution in [0.15, 0.2) is 24.3 Å². The fourth-order valence-corrected chi connectivity index (χ4v) is 1.91. The van der Waals surface area contributed by atoms with Crippen LogP contribution < -0.4 is 21.3 Å². The first-order valence-electron chi connectivity index (χ1n) is 7.90. The number of hydrogen-bond acceptors (Lipinski definition) is 3. The lowest BCUT2D eigenvalue weighted by Gasteiger charge is -2.20. The molecular weight excluding hydrogens is 308 g/mol. The van der Waals surface area contributed by atoms with Gasteiger partial charge in [-0.15, -0.1) is 0 Å². The Bertz CT molecular complexity index is 608. The van der Waals surface area contributed by atoms with Crippen molar-refractivity contribution in [2.24, 2.45) is 0 Å². The second-order valence-electron chi connectivity index (χ2n) is 6.50. The number of urea groups is 1. The Balaban J connectivity index is 2.69. The molecule has 0 spiro atoms. The molecule has 1 atom stereocenters. The van der Waals surface area contributed by atoms with E-state index < -0.39 is 12.1 Å². The Labute approximate surface area is 142 Å². The smallest absolute Gasteiger partial charge is 0.319 e. The maximum absolute atomic E-state index is 12.1. The number of carbonyl (C=O) groups excluding carboxylic acids is 3. The van der Waals surface area contributed by atoms with E-state index in [0.29, 0.717) is 17.8 Å². The highest BCUT2D eigenvalue weighted by Crippen LogP contribution is 2.12. The van der Waals surface area contributed by atoms with Gasteiger partial charge in [-0.05, 0) is 52.8 Å². The van der Waals surface area contributed by atoms with Gasteiger partial charge in [0.1, 0.15) is 6.04 Å². The number of likely N-dealkylation sites (N-methyl/N-ethyl adjacent to an activating group) is 1. The molecule has 0 heterocycles. The quantitative estimate of drug-likeness (QED) is 0.661. The van der Waals surface area contributed by atoms with Crippen LogP contribution in [0.3, 0.4) is 0 Å². The highest BCUT2D eigenvalue weighted by atomic mass is 16.2. The van der Waals surface area contributed by atoms with Crippen LogP contribution in [0.25, 0.3) is 0 Å². The highest BCUT2D eigenvalue weighted by molar-refractivity contribution is 5.98. The lowest BCUT2D eigenvalue weighted by molar-refractivity contribution is -0.122. The fourth-order valence-electron chi connectivity index (χ4n) is 1.91. The summed E-state index contributed by atoms with van der Waals surface area (Å²) in [6.45, 7) is 9.57. The summed E-state index contributed by atoms with van der Waals surface area (Å²) < 4.78 is 0. The topological polar surface area (TPSA) is 99.3 Å². The molecule has 24 heavy (non-hydrogen) atoms. The summed E-state index contributed by atoms with van der Waals surface area (Å²) in [4.78, 5) is 35.7. The van der Waals surface area contributed by atoms with Crippen LogP contribution in [-0.4, -0.2) is 36.0 Å². The maximum Gasteiger partial charge on any atom is 0.319 e. The minimum Gasteiger partial charge on any atom is -0.355 e. The van der Waals surface area contributed by atoms with E-state index in [4.69, 9.17) is 0 Å². The van der Waals surface area contributed by atoms with Crippen LogP contribution in [0.1, 0.15) is 45.0 Å². The van der Waals surface area contributed by atoms with Gasteiger partial charge < -0.3 is 21.3 Å². The van der Waals surface area contributed by atoms with Gasteiger partial charge in [0, 0.05) is 23.3 Å². The average Bonchev–Trinajstić information content (AvgIpc) is 2.45. The van der Waals surface area contributed by atoms with Crippen LogP contribution in [0.2, 0.25) is 0 Å². The monoisotopic (exact) mass is 334 g/mol. The van der Waals surface area contributed by atoms with Crippen LogP contribution in [-0.2, 0) is 4.79 Å². The van der Waals surface area contributed by atoms with Crippen molar-refractivity contribution < 1.29 is 14.4 Å². The first-order valence-corrected chi connectivity index (χ1v) is 7.90. The zero-order valence-electron chi connectivity index (χ0n) is 14.8. The first kappa shape index (κ1) is 19.5. The van der Waals surface area contributed by atoms with Gasteiger partial charge in [0.2, 0.25) is 5.91 Å². The Morgan fingerprint density at radius 2 is 1.83 bits per heavy atom. The molecule has 4 amide bonds. The van der Waals surface area contributed by atoms with E-state index in [2.05, 4.69) is 21.3 Å². The number of benzene rings is 1. The van der Waals surface area contributed by atoms with Crippen molar-refractivity contribution in [1.29, 1.82) is 0 Å². The molecule has 0 aliphatic carbocycles. The number of hydrogen-bond donors (Lipinski definition) is 4. The second kappa shape index (κ2) is 8.33. The van der Waals surface area contributed by atoms with Crippen LogP contribution >= 0.6 is 0 Å². The Morgan fingerprint density at radius 3 is 2.42 bits per heavy atom. The molecular formula is C17H26N4O3. The number of rotatable bonds is 5. The van der Waals surface area contributed by atoms with Gasteiger partial charge in [0.05, 0.1) is 0 Å². The van der Waals surface area contributed by atoms with Crippen molar-refractivity contribution in [1.82, 2.24) is 16.0 Å². The lowest BCUT2D eigenvalue weighted by atomic mass is 10.1.